The smallest absolute Gasteiger partial charge is 0.315 e. The second-order valence-electron chi connectivity index (χ2n) is 4.33. The Bertz CT molecular complexity index is 405. The lowest BCUT2D eigenvalue weighted by Gasteiger charge is -2.17. The largest absolute Gasteiger partial charge is 0.465 e. The van der Waals surface area contributed by atoms with Crippen LogP contribution in [0.4, 0.5) is 0 Å². The first-order chi connectivity index (χ1) is 7.95. The van der Waals surface area contributed by atoms with Gasteiger partial charge in [0, 0.05) is 5.02 Å². The molecule has 0 spiro atoms. The van der Waals surface area contributed by atoms with E-state index in [-0.39, 0.29) is 5.97 Å². The van der Waals surface area contributed by atoms with E-state index in [1.54, 1.807) is 6.92 Å². The molecule has 1 aromatic carbocycles. The van der Waals surface area contributed by atoms with Crippen molar-refractivity contribution in [3.63, 3.8) is 0 Å². The highest BCUT2D eigenvalue weighted by atomic mass is 35.5. The van der Waals surface area contributed by atoms with Gasteiger partial charge in [-0.15, -0.1) is 0 Å². The van der Waals surface area contributed by atoms with Gasteiger partial charge in [0.05, 0.1) is 12.0 Å². The molecule has 0 unspecified atom stereocenters. The van der Waals surface area contributed by atoms with E-state index < -0.39 is 5.41 Å². The van der Waals surface area contributed by atoms with Crippen LogP contribution in [0.25, 0.3) is 6.08 Å². The molecule has 0 amide bonds. The predicted octanol–water partition coefficient (Wildman–Crippen LogP) is 3.94. The molecule has 0 heterocycles. The van der Waals surface area contributed by atoms with Crippen molar-refractivity contribution in [2.75, 3.05) is 6.61 Å². The van der Waals surface area contributed by atoms with Gasteiger partial charge in [-0.05, 0) is 38.5 Å². The first-order valence-corrected chi connectivity index (χ1v) is 5.95. The summed E-state index contributed by atoms with van der Waals surface area (Å²) in [6.07, 6.45) is 3.74. The van der Waals surface area contributed by atoms with Gasteiger partial charge in [-0.1, -0.05) is 35.9 Å². The molecule has 1 aromatic rings. The highest BCUT2D eigenvalue weighted by Gasteiger charge is 2.25. The molecular formula is C14H17ClO2. The summed E-state index contributed by atoms with van der Waals surface area (Å²) in [5.74, 6) is -0.217. The van der Waals surface area contributed by atoms with E-state index in [4.69, 9.17) is 16.3 Å². The Morgan fingerprint density at radius 2 is 1.94 bits per heavy atom. The molecule has 2 nitrogen and oxygen atoms in total. The molecule has 0 radical (unpaired) electrons. The number of hydrogen-bond donors (Lipinski definition) is 0. The average Bonchev–Trinajstić information content (AvgIpc) is 2.29. The molecule has 0 saturated heterocycles. The highest BCUT2D eigenvalue weighted by molar-refractivity contribution is 6.30. The molecule has 92 valence electrons. The van der Waals surface area contributed by atoms with E-state index in [1.807, 2.05) is 50.3 Å². The molecule has 0 saturated carbocycles. The van der Waals surface area contributed by atoms with Crippen LogP contribution in [0.1, 0.15) is 26.3 Å². The molecule has 0 N–H and O–H groups in total. The Morgan fingerprint density at radius 1 is 1.35 bits per heavy atom. The zero-order valence-electron chi connectivity index (χ0n) is 10.4. The Kier molecular flexibility index (Phi) is 4.76. The molecule has 0 bridgehead atoms. The maximum atomic E-state index is 11.6. The molecule has 0 atom stereocenters. The molecular weight excluding hydrogens is 236 g/mol. The summed E-state index contributed by atoms with van der Waals surface area (Å²) < 4.78 is 5.00. The Hall–Kier alpha value is -1.28. The maximum absolute atomic E-state index is 11.6. The number of hydrogen-bond acceptors (Lipinski definition) is 2. The zero-order chi connectivity index (χ0) is 12.9. The van der Waals surface area contributed by atoms with Crippen LogP contribution in [0, 0.1) is 5.41 Å². The molecule has 17 heavy (non-hydrogen) atoms. The Labute approximate surface area is 107 Å². The van der Waals surface area contributed by atoms with E-state index in [0.717, 1.165) is 5.56 Å². The van der Waals surface area contributed by atoms with Crippen molar-refractivity contribution < 1.29 is 9.53 Å². The third-order valence-electron chi connectivity index (χ3n) is 2.36. The first kappa shape index (κ1) is 13.8. The predicted molar refractivity (Wildman–Crippen MR) is 70.9 cm³/mol. The van der Waals surface area contributed by atoms with E-state index in [1.165, 1.54) is 0 Å². The topological polar surface area (TPSA) is 26.3 Å². The molecule has 0 fully saturated rings. The van der Waals surface area contributed by atoms with Crippen molar-refractivity contribution in [2.45, 2.75) is 20.8 Å². The van der Waals surface area contributed by atoms with Crippen molar-refractivity contribution in [3.8, 4) is 0 Å². The number of benzene rings is 1. The number of ether oxygens (including phenoxy) is 1. The van der Waals surface area contributed by atoms with Crippen LogP contribution < -0.4 is 0 Å². The fraction of sp³-hybridized carbons (Fsp3) is 0.357. The third kappa shape index (κ3) is 4.23. The number of carbonyl (C=O) groups excluding carboxylic acids is 1. The van der Waals surface area contributed by atoms with Crippen molar-refractivity contribution in [2.24, 2.45) is 5.41 Å². The number of carbonyl (C=O) groups is 1. The molecule has 0 aromatic heterocycles. The standard InChI is InChI=1S/C14H17ClO2/c1-4-17-13(16)14(2,3)10-9-11-5-7-12(15)8-6-11/h5-10H,4H2,1-3H3/b10-9+. The van der Waals surface area contributed by atoms with Gasteiger partial charge in [-0.2, -0.15) is 0 Å². The van der Waals surface area contributed by atoms with Crippen LogP contribution >= 0.6 is 11.6 Å². The average molecular weight is 253 g/mol. The minimum absolute atomic E-state index is 0.217. The lowest BCUT2D eigenvalue weighted by Crippen LogP contribution is -2.24. The van der Waals surface area contributed by atoms with Gasteiger partial charge >= 0.3 is 5.97 Å². The summed E-state index contributed by atoms with van der Waals surface area (Å²) in [7, 11) is 0. The van der Waals surface area contributed by atoms with Gasteiger partial charge in [0.1, 0.15) is 0 Å². The third-order valence-corrected chi connectivity index (χ3v) is 2.62. The van der Waals surface area contributed by atoms with E-state index >= 15 is 0 Å². The molecule has 3 heteroatoms. The molecule has 0 aliphatic rings. The highest BCUT2D eigenvalue weighted by Crippen LogP contribution is 2.21. The minimum atomic E-state index is -0.615. The van der Waals surface area contributed by atoms with Crippen LogP contribution in [-0.2, 0) is 9.53 Å². The molecule has 1 rings (SSSR count). The van der Waals surface area contributed by atoms with E-state index in [9.17, 15) is 4.79 Å². The van der Waals surface area contributed by atoms with Gasteiger partial charge in [0.25, 0.3) is 0 Å². The second kappa shape index (κ2) is 5.87. The van der Waals surface area contributed by atoms with E-state index in [2.05, 4.69) is 0 Å². The SMILES string of the molecule is CCOC(=O)C(C)(C)/C=C/c1ccc(Cl)cc1. The summed E-state index contributed by atoms with van der Waals surface area (Å²) in [5, 5.41) is 0.701. The van der Waals surface area contributed by atoms with Gasteiger partial charge < -0.3 is 4.74 Å². The van der Waals surface area contributed by atoms with Crippen LogP contribution in [0.5, 0.6) is 0 Å². The van der Waals surface area contributed by atoms with Crippen LogP contribution in [0.3, 0.4) is 0 Å². The van der Waals surface area contributed by atoms with Crippen LogP contribution in [0.15, 0.2) is 30.3 Å². The van der Waals surface area contributed by atoms with Gasteiger partial charge in [0.15, 0.2) is 0 Å². The fourth-order valence-electron chi connectivity index (χ4n) is 1.26. The van der Waals surface area contributed by atoms with Crippen molar-refractivity contribution in [3.05, 3.63) is 40.9 Å². The maximum Gasteiger partial charge on any atom is 0.315 e. The zero-order valence-corrected chi connectivity index (χ0v) is 11.1. The molecule has 0 aliphatic heterocycles. The lowest BCUT2D eigenvalue weighted by atomic mass is 9.92. The van der Waals surface area contributed by atoms with Crippen molar-refractivity contribution >= 4 is 23.6 Å². The van der Waals surface area contributed by atoms with Crippen LogP contribution in [0.2, 0.25) is 5.02 Å². The number of esters is 1. The summed E-state index contributed by atoms with van der Waals surface area (Å²) in [6.45, 7) is 5.86. The van der Waals surface area contributed by atoms with Crippen LogP contribution in [-0.4, -0.2) is 12.6 Å². The Balaban J connectivity index is 2.75. The van der Waals surface area contributed by atoms with Gasteiger partial charge in [-0.3, -0.25) is 4.79 Å². The summed E-state index contributed by atoms with van der Waals surface area (Å²) in [6, 6.07) is 7.44. The van der Waals surface area contributed by atoms with Gasteiger partial charge in [0.2, 0.25) is 0 Å². The normalized spacial score (nSPS) is 11.8. The molecule has 0 aliphatic carbocycles. The summed E-state index contributed by atoms with van der Waals surface area (Å²) >= 11 is 5.80. The first-order valence-electron chi connectivity index (χ1n) is 5.58. The summed E-state index contributed by atoms with van der Waals surface area (Å²) in [4.78, 5) is 11.6. The quantitative estimate of drug-likeness (QED) is 0.759. The van der Waals surface area contributed by atoms with Gasteiger partial charge in [-0.25, -0.2) is 0 Å². The summed E-state index contributed by atoms with van der Waals surface area (Å²) in [5.41, 5.74) is 0.391. The number of rotatable bonds is 4. The van der Waals surface area contributed by atoms with E-state index in [0.29, 0.717) is 11.6 Å². The lowest BCUT2D eigenvalue weighted by molar-refractivity contribution is -0.150. The monoisotopic (exact) mass is 252 g/mol. The minimum Gasteiger partial charge on any atom is -0.465 e. The van der Waals surface area contributed by atoms with Crippen molar-refractivity contribution in [1.82, 2.24) is 0 Å². The second-order valence-corrected chi connectivity index (χ2v) is 4.76. The fourth-order valence-corrected chi connectivity index (χ4v) is 1.39. The van der Waals surface area contributed by atoms with Crippen molar-refractivity contribution in [1.29, 1.82) is 0 Å². The Morgan fingerprint density at radius 3 is 2.47 bits per heavy atom. The number of halogens is 1.